The summed E-state index contributed by atoms with van der Waals surface area (Å²) in [6.45, 7) is 9.84. The molecule has 3 rings (SSSR count). The smallest absolute Gasteiger partial charge is 0.138 e. The van der Waals surface area contributed by atoms with Crippen molar-refractivity contribution in [2.45, 2.75) is 39.4 Å². The summed E-state index contributed by atoms with van der Waals surface area (Å²) in [6.07, 6.45) is 3.30. The summed E-state index contributed by atoms with van der Waals surface area (Å²) in [5.74, 6) is 0. The number of benzene rings is 1. The molecule has 2 heterocycles. The van der Waals surface area contributed by atoms with Gasteiger partial charge in [0.15, 0.2) is 0 Å². The van der Waals surface area contributed by atoms with Gasteiger partial charge in [-0.15, -0.1) is 12.4 Å². The molecule has 1 aromatic carbocycles. The van der Waals surface area contributed by atoms with E-state index in [4.69, 9.17) is 0 Å². The highest BCUT2D eigenvalue weighted by atomic mass is 35.5. The second-order valence-corrected chi connectivity index (χ2v) is 6.05. The Balaban J connectivity index is 0.00000176. The average molecular weight is 322 g/mol. The van der Waals surface area contributed by atoms with Gasteiger partial charge in [-0.1, -0.05) is 12.1 Å². The molecule has 6 heteroatoms. The Bertz CT molecular complexity index is 599. The van der Waals surface area contributed by atoms with Crippen LogP contribution in [0.3, 0.4) is 0 Å². The molecular formula is C16H24ClN5. The fourth-order valence-electron chi connectivity index (χ4n) is 2.96. The molecule has 2 aromatic rings. The lowest BCUT2D eigenvalue weighted by Crippen LogP contribution is -2.53. The van der Waals surface area contributed by atoms with E-state index in [9.17, 15) is 0 Å². The third-order valence-electron chi connectivity index (χ3n) is 4.21. The summed E-state index contributed by atoms with van der Waals surface area (Å²) >= 11 is 0. The normalized spacial score (nSPS) is 22.3. The Labute approximate surface area is 138 Å². The Morgan fingerprint density at radius 3 is 2.82 bits per heavy atom. The van der Waals surface area contributed by atoms with Gasteiger partial charge >= 0.3 is 0 Å². The van der Waals surface area contributed by atoms with Gasteiger partial charge in [-0.25, -0.2) is 9.67 Å². The molecular weight excluding hydrogens is 298 g/mol. The molecule has 1 fully saturated rings. The van der Waals surface area contributed by atoms with Crippen LogP contribution in [-0.4, -0.2) is 44.8 Å². The molecule has 1 saturated heterocycles. The quantitative estimate of drug-likeness (QED) is 0.941. The Kier molecular flexibility index (Phi) is 5.56. The van der Waals surface area contributed by atoms with Gasteiger partial charge in [0, 0.05) is 31.7 Å². The zero-order valence-corrected chi connectivity index (χ0v) is 14.2. The Hall–Kier alpha value is -1.43. The molecule has 0 spiro atoms. The van der Waals surface area contributed by atoms with Crippen molar-refractivity contribution in [3.63, 3.8) is 0 Å². The van der Waals surface area contributed by atoms with E-state index in [0.29, 0.717) is 12.1 Å². The van der Waals surface area contributed by atoms with E-state index in [1.54, 1.807) is 12.7 Å². The number of hydrogen-bond acceptors (Lipinski definition) is 4. The first kappa shape index (κ1) is 16.9. The maximum atomic E-state index is 4.20. The average Bonchev–Trinajstić information content (AvgIpc) is 2.97. The number of aromatic nitrogens is 3. The molecule has 1 aromatic heterocycles. The van der Waals surface area contributed by atoms with Crippen LogP contribution in [0.1, 0.15) is 25.0 Å². The van der Waals surface area contributed by atoms with E-state index in [1.807, 2.05) is 4.68 Å². The van der Waals surface area contributed by atoms with Crippen molar-refractivity contribution in [3.8, 4) is 5.69 Å². The van der Waals surface area contributed by atoms with E-state index in [2.05, 4.69) is 59.3 Å². The summed E-state index contributed by atoms with van der Waals surface area (Å²) in [7, 11) is 0. The van der Waals surface area contributed by atoms with E-state index in [0.717, 1.165) is 25.3 Å². The van der Waals surface area contributed by atoms with Gasteiger partial charge in [0.05, 0.1) is 5.69 Å². The zero-order valence-electron chi connectivity index (χ0n) is 13.4. The first-order valence-corrected chi connectivity index (χ1v) is 7.55. The second-order valence-electron chi connectivity index (χ2n) is 6.05. The fourth-order valence-corrected chi connectivity index (χ4v) is 2.96. The van der Waals surface area contributed by atoms with Crippen molar-refractivity contribution in [1.29, 1.82) is 0 Å². The predicted octanol–water partition coefficient (Wildman–Crippen LogP) is 2.18. The van der Waals surface area contributed by atoms with Crippen molar-refractivity contribution in [1.82, 2.24) is 25.0 Å². The summed E-state index contributed by atoms with van der Waals surface area (Å²) in [6, 6.07) is 7.74. The third kappa shape index (κ3) is 3.66. The fraction of sp³-hybridized carbons (Fsp3) is 0.500. The Morgan fingerprint density at radius 2 is 2.14 bits per heavy atom. The van der Waals surface area contributed by atoms with E-state index in [1.165, 1.54) is 11.1 Å². The van der Waals surface area contributed by atoms with Crippen molar-refractivity contribution < 1.29 is 0 Å². The molecule has 5 nitrogen and oxygen atoms in total. The van der Waals surface area contributed by atoms with Crippen LogP contribution in [0.15, 0.2) is 30.9 Å². The number of aryl methyl sites for hydroxylation is 1. The monoisotopic (exact) mass is 321 g/mol. The SMILES string of the molecule is Cc1cc(CN2CC(C)NCC2C)ccc1-n1cncn1.Cl. The van der Waals surface area contributed by atoms with Crippen LogP contribution < -0.4 is 5.32 Å². The first-order valence-electron chi connectivity index (χ1n) is 7.55. The van der Waals surface area contributed by atoms with Crippen molar-refractivity contribution in [2.24, 2.45) is 0 Å². The largest absolute Gasteiger partial charge is 0.311 e. The van der Waals surface area contributed by atoms with Crippen LogP contribution >= 0.6 is 12.4 Å². The lowest BCUT2D eigenvalue weighted by Gasteiger charge is -2.37. The lowest BCUT2D eigenvalue weighted by atomic mass is 10.1. The second kappa shape index (κ2) is 7.22. The third-order valence-corrected chi connectivity index (χ3v) is 4.21. The van der Waals surface area contributed by atoms with Crippen molar-refractivity contribution in [2.75, 3.05) is 13.1 Å². The van der Waals surface area contributed by atoms with Gasteiger partial charge in [-0.3, -0.25) is 4.90 Å². The molecule has 0 saturated carbocycles. The van der Waals surface area contributed by atoms with Crippen LogP contribution in [0.5, 0.6) is 0 Å². The Morgan fingerprint density at radius 1 is 1.32 bits per heavy atom. The minimum atomic E-state index is 0. The highest BCUT2D eigenvalue weighted by Crippen LogP contribution is 2.18. The van der Waals surface area contributed by atoms with E-state index >= 15 is 0 Å². The van der Waals surface area contributed by atoms with Crippen LogP contribution in [0.25, 0.3) is 5.69 Å². The highest BCUT2D eigenvalue weighted by molar-refractivity contribution is 5.85. The number of halogens is 1. The molecule has 1 N–H and O–H groups in total. The van der Waals surface area contributed by atoms with Crippen LogP contribution in [0, 0.1) is 6.92 Å². The molecule has 0 aliphatic carbocycles. The zero-order chi connectivity index (χ0) is 14.8. The molecule has 0 amide bonds. The van der Waals surface area contributed by atoms with Gasteiger partial charge in [0.25, 0.3) is 0 Å². The molecule has 0 bridgehead atoms. The molecule has 2 unspecified atom stereocenters. The standard InChI is InChI=1S/C16H23N5.ClH/c1-12-6-15(4-5-16(12)21-11-17-10-19-21)9-20-8-13(2)18-7-14(20)3;/h4-6,10-11,13-14,18H,7-9H2,1-3H3;1H. The number of nitrogens with one attached hydrogen (secondary N) is 1. The summed E-state index contributed by atoms with van der Waals surface area (Å²) < 4.78 is 1.81. The molecule has 2 atom stereocenters. The first-order chi connectivity index (χ1) is 10.1. The van der Waals surface area contributed by atoms with Crippen LogP contribution in [-0.2, 0) is 6.54 Å². The molecule has 1 aliphatic rings. The molecule has 22 heavy (non-hydrogen) atoms. The topological polar surface area (TPSA) is 46.0 Å². The van der Waals surface area contributed by atoms with Gasteiger partial charge in [0.1, 0.15) is 12.7 Å². The van der Waals surface area contributed by atoms with E-state index < -0.39 is 0 Å². The highest BCUT2D eigenvalue weighted by Gasteiger charge is 2.22. The van der Waals surface area contributed by atoms with Gasteiger partial charge in [0.2, 0.25) is 0 Å². The van der Waals surface area contributed by atoms with Crippen molar-refractivity contribution in [3.05, 3.63) is 42.0 Å². The van der Waals surface area contributed by atoms with E-state index in [-0.39, 0.29) is 12.4 Å². The maximum Gasteiger partial charge on any atom is 0.138 e. The summed E-state index contributed by atoms with van der Waals surface area (Å²) in [5, 5.41) is 7.73. The molecule has 120 valence electrons. The van der Waals surface area contributed by atoms with Gasteiger partial charge in [-0.2, -0.15) is 5.10 Å². The molecule has 1 aliphatic heterocycles. The number of rotatable bonds is 3. The summed E-state index contributed by atoms with van der Waals surface area (Å²) in [4.78, 5) is 6.56. The molecule has 0 radical (unpaired) electrons. The van der Waals surface area contributed by atoms with Crippen LogP contribution in [0.4, 0.5) is 0 Å². The minimum absolute atomic E-state index is 0. The van der Waals surface area contributed by atoms with Gasteiger partial charge in [-0.05, 0) is 38.0 Å². The predicted molar refractivity (Wildman–Crippen MR) is 90.7 cm³/mol. The van der Waals surface area contributed by atoms with Gasteiger partial charge < -0.3 is 5.32 Å². The maximum absolute atomic E-state index is 4.20. The minimum Gasteiger partial charge on any atom is -0.311 e. The number of nitrogens with zero attached hydrogens (tertiary/aromatic N) is 4. The van der Waals surface area contributed by atoms with Crippen molar-refractivity contribution >= 4 is 12.4 Å². The number of hydrogen-bond donors (Lipinski definition) is 1. The summed E-state index contributed by atoms with van der Waals surface area (Å²) in [5.41, 5.74) is 3.68. The van der Waals surface area contributed by atoms with Crippen LogP contribution in [0.2, 0.25) is 0 Å². The number of piperazine rings is 1. The lowest BCUT2D eigenvalue weighted by molar-refractivity contribution is 0.139.